The van der Waals surface area contributed by atoms with E-state index in [1.54, 1.807) is 0 Å². The summed E-state index contributed by atoms with van der Waals surface area (Å²) in [7, 11) is -2.94. The first-order chi connectivity index (χ1) is 11.3. The normalized spacial score (nSPS) is 13.0. The molecule has 23 heavy (non-hydrogen) atoms. The highest BCUT2D eigenvalue weighted by Crippen LogP contribution is 2.44. The first-order valence-electron chi connectivity index (χ1n) is 7.40. The highest BCUT2D eigenvalue weighted by Gasteiger charge is 2.31. The van der Waals surface area contributed by atoms with E-state index < -0.39 is 7.14 Å². The Morgan fingerprint density at radius 2 is 1.22 bits per heavy atom. The second kappa shape index (κ2) is 5.60. The van der Waals surface area contributed by atoms with E-state index in [1.165, 1.54) is 0 Å². The number of hydrogen-bond acceptors (Lipinski definition) is 3. The summed E-state index contributed by atoms with van der Waals surface area (Å²) in [6, 6.07) is 24.7. The molecule has 0 atom stereocenters. The Bertz CT molecular complexity index is 832. The molecule has 3 aromatic carbocycles. The maximum atomic E-state index is 14.1. The summed E-state index contributed by atoms with van der Waals surface area (Å²) in [6.07, 6.45) is 0. The largest absolute Gasteiger partial charge is 0.454 e. The lowest BCUT2D eigenvalue weighted by molar-refractivity contribution is 0.174. The van der Waals surface area contributed by atoms with E-state index in [-0.39, 0.29) is 6.79 Å². The van der Waals surface area contributed by atoms with Gasteiger partial charge in [-0.1, -0.05) is 60.7 Å². The van der Waals surface area contributed by atoms with Crippen LogP contribution in [0.25, 0.3) is 0 Å². The van der Waals surface area contributed by atoms with Crippen LogP contribution in [0.5, 0.6) is 11.5 Å². The second-order valence-electron chi connectivity index (χ2n) is 5.32. The van der Waals surface area contributed by atoms with Gasteiger partial charge in [-0.25, -0.2) is 0 Å². The van der Waals surface area contributed by atoms with Gasteiger partial charge in [-0.2, -0.15) is 0 Å². The Kier molecular flexibility index (Phi) is 3.44. The van der Waals surface area contributed by atoms with E-state index in [2.05, 4.69) is 0 Å². The predicted octanol–water partition coefficient (Wildman–Crippen LogP) is 3.05. The molecule has 4 heteroatoms. The maximum Gasteiger partial charge on any atom is 0.231 e. The van der Waals surface area contributed by atoms with Gasteiger partial charge in [-0.3, -0.25) is 0 Å². The van der Waals surface area contributed by atoms with Crippen molar-refractivity contribution in [3.8, 4) is 11.5 Å². The standard InChI is InChI=1S/C19H15O3P/c20-23(15-7-3-1-4-8-15,16-9-5-2-6-10-16)17-11-12-18-19(13-17)22-14-21-18/h1-13H,14H2. The lowest BCUT2D eigenvalue weighted by Gasteiger charge is -2.20. The number of rotatable bonds is 3. The molecule has 0 amide bonds. The smallest absolute Gasteiger partial charge is 0.231 e. The molecule has 0 N–H and O–H groups in total. The van der Waals surface area contributed by atoms with E-state index in [0.717, 1.165) is 15.9 Å². The number of ether oxygens (including phenoxy) is 2. The molecule has 114 valence electrons. The Balaban J connectivity index is 1.95. The van der Waals surface area contributed by atoms with Crippen LogP contribution in [0.1, 0.15) is 0 Å². The number of benzene rings is 3. The van der Waals surface area contributed by atoms with Gasteiger partial charge in [0.25, 0.3) is 0 Å². The molecule has 0 aromatic heterocycles. The molecule has 0 unspecified atom stereocenters. The summed E-state index contributed by atoms with van der Waals surface area (Å²) < 4.78 is 24.9. The average Bonchev–Trinajstić information content (AvgIpc) is 3.10. The van der Waals surface area contributed by atoms with Gasteiger partial charge in [0.2, 0.25) is 6.79 Å². The van der Waals surface area contributed by atoms with Crippen molar-refractivity contribution < 1.29 is 14.0 Å². The summed E-state index contributed by atoms with van der Waals surface area (Å²) >= 11 is 0. The summed E-state index contributed by atoms with van der Waals surface area (Å²) in [5.74, 6) is 1.34. The minimum Gasteiger partial charge on any atom is -0.454 e. The van der Waals surface area contributed by atoms with Crippen LogP contribution in [0, 0.1) is 0 Å². The zero-order valence-electron chi connectivity index (χ0n) is 12.4. The molecule has 0 saturated heterocycles. The van der Waals surface area contributed by atoms with Gasteiger partial charge in [0, 0.05) is 15.9 Å². The Hall–Kier alpha value is -2.51. The molecule has 3 nitrogen and oxygen atoms in total. The van der Waals surface area contributed by atoms with Crippen LogP contribution in [0.4, 0.5) is 0 Å². The summed E-state index contributed by atoms with van der Waals surface area (Å²) in [5.41, 5.74) is 0. The van der Waals surface area contributed by atoms with Crippen LogP contribution in [0.2, 0.25) is 0 Å². The zero-order chi connectivity index (χ0) is 15.7. The Morgan fingerprint density at radius 1 is 0.652 bits per heavy atom. The van der Waals surface area contributed by atoms with Gasteiger partial charge in [-0.05, 0) is 18.2 Å². The van der Waals surface area contributed by atoms with Crippen LogP contribution < -0.4 is 25.4 Å². The number of hydrogen-bond donors (Lipinski definition) is 0. The molecule has 0 saturated carbocycles. The topological polar surface area (TPSA) is 35.5 Å². The van der Waals surface area contributed by atoms with Crippen LogP contribution in [-0.2, 0) is 4.57 Å². The molecule has 1 aliphatic rings. The van der Waals surface area contributed by atoms with Gasteiger partial charge >= 0.3 is 0 Å². The van der Waals surface area contributed by atoms with Crippen molar-refractivity contribution in [2.24, 2.45) is 0 Å². The molecule has 0 radical (unpaired) electrons. The van der Waals surface area contributed by atoms with Gasteiger partial charge in [0.05, 0.1) is 0 Å². The molecule has 4 rings (SSSR count). The van der Waals surface area contributed by atoms with Crippen molar-refractivity contribution >= 4 is 23.1 Å². The molecular formula is C19H15O3P. The Labute approximate surface area is 134 Å². The first-order valence-corrected chi connectivity index (χ1v) is 9.11. The summed E-state index contributed by atoms with van der Waals surface area (Å²) in [4.78, 5) is 0. The van der Waals surface area contributed by atoms with Crippen LogP contribution in [0.15, 0.2) is 78.9 Å². The molecule has 3 aromatic rings. The fourth-order valence-corrected chi connectivity index (χ4v) is 5.47. The third-order valence-electron chi connectivity index (χ3n) is 3.96. The maximum absolute atomic E-state index is 14.1. The van der Waals surface area contributed by atoms with E-state index in [1.807, 2.05) is 78.9 Å². The highest BCUT2D eigenvalue weighted by atomic mass is 31.2. The first kappa shape index (κ1) is 14.1. The van der Waals surface area contributed by atoms with Gasteiger partial charge in [-0.15, -0.1) is 0 Å². The lowest BCUT2D eigenvalue weighted by atomic mass is 10.3. The van der Waals surface area contributed by atoms with E-state index in [4.69, 9.17) is 9.47 Å². The SMILES string of the molecule is O=P(c1ccccc1)(c1ccccc1)c1ccc2c(c1)OCO2. The average molecular weight is 322 g/mol. The van der Waals surface area contributed by atoms with E-state index in [9.17, 15) is 4.57 Å². The van der Waals surface area contributed by atoms with Gasteiger partial charge < -0.3 is 14.0 Å². The van der Waals surface area contributed by atoms with Crippen LogP contribution in [0.3, 0.4) is 0 Å². The Morgan fingerprint density at radius 3 is 1.83 bits per heavy atom. The lowest BCUT2D eigenvalue weighted by Crippen LogP contribution is -2.24. The molecule has 0 aliphatic carbocycles. The highest BCUT2D eigenvalue weighted by molar-refractivity contribution is 7.85. The van der Waals surface area contributed by atoms with E-state index >= 15 is 0 Å². The minimum atomic E-state index is -2.94. The molecule has 1 aliphatic heterocycles. The molecule has 0 fully saturated rings. The molecule has 1 heterocycles. The third kappa shape index (κ3) is 2.34. The second-order valence-corrected chi connectivity index (χ2v) is 8.09. The summed E-state index contributed by atoms with van der Waals surface area (Å²) in [6.45, 7) is 0.208. The molecular weight excluding hydrogens is 307 g/mol. The van der Waals surface area contributed by atoms with Gasteiger partial charge in [0.15, 0.2) is 18.6 Å². The van der Waals surface area contributed by atoms with Crippen molar-refractivity contribution in [1.82, 2.24) is 0 Å². The molecule has 0 bridgehead atoms. The monoisotopic (exact) mass is 322 g/mol. The van der Waals surface area contributed by atoms with Crippen molar-refractivity contribution in [3.63, 3.8) is 0 Å². The fourth-order valence-electron chi connectivity index (χ4n) is 2.80. The van der Waals surface area contributed by atoms with Crippen molar-refractivity contribution in [2.45, 2.75) is 0 Å². The number of fused-ring (bicyclic) bond motifs is 1. The third-order valence-corrected chi connectivity index (χ3v) is 7.02. The predicted molar refractivity (Wildman–Crippen MR) is 92.0 cm³/mol. The quantitative estimate of drug-likeness (QED) is 0.695. The molecule has 0 spiro atoms. The van der Waals surface area contributed by atoms with Gasteiger partial charge in [0.1, 0.15) is 0 Å². The van der Waals surface area contributed by atoms with Crippen molar-refractivity contribution in [1.29, 1.82) is 0 Å². The van der Waals surface area contributed by atoms with E-state index in [0.29, 0.717) is 11.5 Å². The zero-order valence-corrected chi connectivity index (χ0v) is 13.3. The van der Waals surface area contributed by atoms with Crippen LogP contribution in [-0.4, -0.2) is 6.79 Å². The van der Waals surface area contributed by atoms with Crippen molar-refractivity contribution in [2.75, 3.05) is 6.79 Å². The summed E-state index contributed by atoms with van der Waals surface area (Å²) in [5, 5.41) is 2.37. The van der Waals surface area contributed by atoms with Crippen molar-refractivity contribution in [3.05, 3.63) is 78.9 Å². The van der Waals surface area contributed by atoms with Crippen LogP contribution >= 0.6 is 7.14 Å². The minimum absolute atomic E-state index is 0.208. The fraction of sp³-hybridized carbons (Fsp3) is 0.0526.